The van der Waals surface area contributed by atoms with Gasteiger partial charge in [-0.05, 0) is 88.6 Å². The Morgan fingerprint density at radius 3 is 2.55 bits per heavy atom. The van der Waals surface area contributed by atoms with Crippen LogP contribution in [-0.2, 0) is 24.7 Å². The summed E-state index contributed by atoms with van der Waals surface area (Å²) < 4.78 is 2.41. The lowest BCUT2D eigenvalue weighted by Gasteiger charge is -2.35. The van der Waals surface area contributed by atoms with Crippen LogP contribution in [0.2, 0.25) is 0 Å². The number of benzene rings is 4. The lowest BCUT2D eigenvalue weighted by Crippen LogP contribution is -2.25. The van der Waals surface area contributed by atoms with Crippen LogP contribution in [0.1, 0.15) is 65.9 Å². The average molecular weight is 705 g/mol. The zero-order valence-corrected chi connectivity index (χ0v) is 31.0. The number of nitrogens with zero attached hydrogens (tertiary/aromatic N) is 4. The molecule has 0 radical (unpaired) electrons. The Labute approximate surface area is 314 Å². The topological polar surface area (TPSA) is 43.6 Å². The van der Waals surface area contributed by atoms with Crippen molar-refractivity contribution in [2.24, 2.45) is 5.92 Å². The lowest BCUT2D eigenvalue weighted by molar-refractivity contribution is 0.564. The summed E-state index contributed by atoms with van der Waals surface area (Å²) in [5.74, 6) is 4.55. The van der Waals surface area contributed by atoms with E-state index in [1.165, 1.54) is 49.7 Å². The van der Waals surface area contributed by atoms with Gasteiger partial charge in [-0.2, -0.15) is 21.7 Å². The highest BCUT2D eigenvalue weighted by molar-refractivity contribution is 7.99. The molecule has 3 heterocycles. The SMILES string of the molecule is CC1(C)C2=C(CCC=C2)c2c3c(c4c5ccccc5n(-c5nc(C6=CCSCC=C6)nc(-c6ccccc6)n5)c4c21)CC1=Cc2ccccc2CC1C3. The Balaban J connectivity index is 1.26. The molecular formula is C48H40N4S. The van der Waals surface area contributed by atoms with Gasteiger partial charge in [-0.25, -0.2) is 4.98 Å². The lowest BCUT2D eigenvalue weighted by atomic mass is 9.69. The van der Waals surface area contributed by atoms with E-state index in [1.54, 1.807) is 16.7 Å². The molecule has 53 heavy (non-hydrogen) atoms. The van der Waals surface area contributed by atoms with Crippen molar-refractivity contribution in [3.05, 3.63) is 160 Å². The van der Waals surface area contributed by atoms with Gasteiger partial charge in [0.15, 0.2) is 11.6 Å². The summed E-state index contributed by atoms with van der Waals surface area (Å²) >= 11 is 1.91. The van der Waals surface area contributed by atoms with E-state index in [9.17, 15) is 0 Å². The smallest absolute Gasteiger partial charge is 0.238 e. The molecule has 0 bridgehead atoms. The number of hydrogen-bond acceptors (Lipinski definition) is 4. The van der Waals surface area contributed by atoms with Gasteiger partial charge in [0.2, 0.25) is 5.95 Å². The fraction of sp³-hybridized carbons (Fsp3) is 0.229. The molecule has 2 aromatic heterocycles. The molecule has 4 aromatic carbocycles. The molecule has 5 heteroatoms. The van der Waals surface area contributed by atoms with Crippen LogP contribution in [0.5, 0.6) is 0 Å². The second-order valence-corrected chi connectivity index (χ2v) is 16.8. The Morgan fingerprint density at radius 1 is 0.792 bits per heavy atom. The zero-order chi connectivity index (χ0) is 35.3. The summed E-state index contributed by atoms with van der Waals surface area (Å²) in [6.45, 7) is 4.91. The van der Waals surface area contributed by atoms with Crippen molar-refractivity contribution in [2.75, 3.05) is 11.5 Å². The molecule has 0 amide bonds. The van der Waals surface area contributed by atoms with E-state index < -0.39 is 0 Å². The van der Waals surface area contributed by atoms with Gasteiger partial charge in [0, 0.05) is 38.8 Å². The molecule has 4 nitrogen and oxygen atoms in total. The molecule has 0 N–H and O–H groups in total. The molecular weight excluding hydrogens is 665 g/mol. The van der Waals surface area contributed by atoms with Gasteiger partial charge in [0.05, 0.1) is 11.0 Å². The first-order valence-electron chi connectivity index (χ1n) is 19.1. The maximum Gasteiger partial charge on any atom is 0.238 e. The number of allylic oxidation sites excluding steroid dienone is 7. The van der Waals surface area contributed by atoms with Crippen LogP contribution in [0.4, 0.5) is 0 Å². The molecule has 0 saturated carbocycles. The van der Waals surface area contributed by atoms with E-state index in [0.717, 1.165) is 66.1 Å². The minimum atomic E-state index is -0.182. The molecule has 0 fully saturated rings. The molecule has 1 unspecified atom stereocenters. The van der Waals surface area contributed by atoms with Crippen molar-refractivity contribution in [2.45, 2.75) is 51.4 Å². The fourth-order valence-corrected chi connectivity index (χ4v) is 10.7. The molecule has 11 rings (SSSR count). The van der Waals surface area contributed by atoms with Crippen LogP contribution in [0.3, 0.4) is 0 Å². The second-order valence-electron chi connectivity index (χ2n) is 15.7. The van der Waals surface area contributed by atoms with E-state index in [4.69, 9.17) is 15.0 Å². The van der Waals surface area contributed by atoms with Crippen LogP contribution >= 0.6 is 11.8 Å². The molecule has 0 saturated heterocycles. The van der Waals surface area contributed by atoms with Crippen molar-refractivity contribution < 1.29 is 0 Å². The molecule has 258 valence electrons. The minimum Gasteiger partial charge on any atom is -0.277 e. The standard InChI is InChI=1S/C48H40N4S/c1-48(2)39-20-10-8-18-35(39)41-37-27-33-25-31-15-6-7-16-32(31)26-34(33)28-38(37)42-36-19-9-11-21-40(36)52(44(42)43(41)48)47-50-45(29-13-4-3-5-14-29)49-46(51-47)30-17-12-23-53-24-22-30/h3-7,9-17,19-22,26,33H,8,18,23-25,27-28H2,1-2H3. The first-order valence-corrected chi connectivity index (χ1v) is 20.3. The highest BCUT2D eigenvalue weighted by Gasteiger charge is 2.44. The summed E-state index contributed by atoms with van der Waals surface area (Å²) in [6.07, 6.45) is 19.4. The molecule has 6 aromatic rings. The number of fused-ring (bicyclic) bond motifs is 11. The number of aromatic nitrogens is 4. The van der Waals surface area contributed by atoms with Crippen molar-refractivity contribution in [1.82, 2.24) is 19.5 Å². The molecule has 4 aliphatic carbocycles. The van der Waals surface area contributed by atoms with Crippen LogP contribution in [0, 0.1) is 5.92 Å². The van der Waals surface area contributed by atoms with Crippen LogP contribution in [0.15, 0.2) is 120 Å². The quantitative estimate of drug-likeness (QED) is 0.184. The van der Waals surface area contributed by atoms with Crippen LogP contribution < -0.4 is 0 Å². The minimum absolute atomic E-state index is 0.182. The van der Waals surface area contributed by atoms with Crippen molar-refractivity contribution in [3.63, 3.8) is 0 Å². The fourth-order valence-electron chi connectivity index (χ4n) is 9.99. The third kappa shape index (κ3) is 4.72. The highest BCUT2D eigenvalue weighted by Crippen LogP contribution is 2.58. The monoisotopic (exact) mass is 704 g/mol. The second kappa shape index (κ2) is 11.9. The third-order valence-electron chi connectivity index (χ3n) is 12.4. The Kier molecular flexibility index (Phi) is 7.01. The molecule has 1 aliphatic heterocycles. The normalized spacial score (nSPS) is 19.6. The highest BCUT2D eigenvalue weighted by atomic mass is 32.2. The van der Waals surface area contributed by atoms with Gasteiger partial charge in [-0.15, -0.1) is 0 Å². The van der Waals surface area contributed by atoms with Crippen LogP contribution in [-0.4, -0.2) is 31.0 Å². The number of rotatable bonds is 3. The van der Waals surface area contributed by atoms with Gasteiger partial charge >= 0.3 is 0 Å². The van der Waals surface area contributed by atoms with Crippen LogP contribution in [0.25, 0.3) is 56.4 Å². The summed E-state index contributed by atoms with van der Waals surface area (Å²) in [7, 11) is 0. The molecule has 5 aliphatic rings. The summed E-state index contributed by atoms with van der Waals surface area (Å²) in [5.41, 5.74) is 17.8. The van der Waals surface area contributed by atoms with E-state index in [1.807, 2.05) is 11.8 Å². The number of hydrogen-bond donors (Lipinski definition) is 0. The Hall–Kier alpha value is -5.26. The Morgan fingerprint density at radius 2 is 1.62 bits per heavy atom. The predicted octanol–water partition coefficient (Wildman–Crippen LogP) is 11.1. The van der Waals surface area contributed by atoms with E-state index in [2.05, 4.69) is 134 Å². The summed E-state index contributed by atoms with van der Waals surface area (Å²) in [6, 6.07) is 28.4. The summed E-state index contributed by atoms with van der Waals surface area (Å²) in [5, 5.41) is 2.65. The molecule has 1 atom stereocenters. The van der Waals surface area contributed by atoms with Crippen molar-refractivity contribution in [1.29, 1.82) is 0 Å². The van der Waals surface area contributed by atoms with Gasteiger partial charge in [0.1, 0.15) is 0 Å². The van der Waals surface area contributed by atoms with E-state index in [-0.39, 0.29) is 5.41 Å². The predicted molar refractivity (Wildman–Crippen MR) is 221 cm³/mol. The van der Waals surface area contributed by atoms with E-state index in [0.29, 0.717) is 17.7 Å². The third-order valence-corrected chi connectivity index (χ3v) is 13.2. The van der Waals surface area contributed by atoms with E-state index >= 15 is 0 Å². The van der Waals surface area contributed by atoms with Gasteiger partial charge in [-0.3, -0.25) is 4.57 Å². The van der Waals surface area contributed by atoms with Gasteiger partial charge in [0.25, 0.3) is 0 Å². The first kappa shape index (κ1) is 31.3. The van der Waals surface area contributed by atoms with Gasteiger partial charge in [-0.1, -0.05) is 129 Å². The largest absolute Gasteiger partial charge is 0.277 e. The van der Waals surface area contributed by atoms with Crippen molar-refractivity contribution >= 4 is 50.8 Å². The maximum absolute atomic E-state index is 5.41. The van der Waals surface area contributed by atoms with Gasteiger partial charge < -0.3 is 0 Å². The average Bonchev–Trinajstić information content (AvgIpc) is 3.47. The first-order chi connectivity index (χ1) is 26.0. The maximum atomic E-state index is 5.41. The number of para-hydroxylation sites is 1. The summed E-state index contributed by atoms with van der Waals surface area (Å²) in [4.78, 5) is 15.9. The Bertz CT molecular complexity index is 2700. The zero-order valence-electron chi connectivity index (χ0n) is 30.2. The number of thioether (sulfide) groups is 1. The molecule has 0 spiro atoms. The van der Waals surface area contributed by atoms with Crippen molar-refractivity contribution in [3.8, 4) is 17.3 Å².